The monoisotopic (exact) mass is 252 g/mol. The molecule has 0 spiro atoms. The maximum Gasteiger partial charge on any atom is 0.270 e. The highest BCUT2D eigenvalue weighted by atomic mass is 16.1. The fourth-order valence-electron chi connectivity index (χ4n) is 1.56. The van der Waals surface area contributed by atoms with Gasteiger partial charge in [0.2, 0.25) is 0 Å². The van der Waals surface area contributed by atoms with Gasteiger partial charge in [-0.3, -0.25) is 4.79 Å². The predicted octanol–water partition coefficient (Wildman–Crippen LogP) is 1.47. The second-order valence-electron chi connectivity index (χ2n) is 3.93. The molecule has 0 fully saturated rings. The number of rotatable bonds is 3. The van der Waals surface area contributed by atoms with E-state index < -0.39 is 0 Å². The largest absolute Gasteiger partial charge is 0.398 e. The van der Waals surface area contributed by atoms with Gasteiger partial charge in [0.15, 0.2) is 0 Å². The highest BCUT2D eigenvalue weighted by Gasteiger charge is 2.07. The number of carbonyl (C=O) groups is 1. The van der Waals surface area contributed by atoms with Crippen LogP contribution in [0, 0.1) is 11.3 Å². The van der Waals surface area contributed by atoms with E-state index in [1.807, 2.05) is 24.3 Å². The van der Waals surface area contributed by atoms with Crippen molar-refractivity contribution in [1.82, 2.24) is 10.3 Å². The van der Waals surface area contributed by atoms with Crippen LogP contribution in [0.2, 0.25) is 0 Å². The number of pyridine rings is 1. The van der Waals surface area contributed by atoms with Crippen LogP contribution in [0.3, 0.4) is 0 Å². The van der Waals surface area contributed by atoms with E-state index >= 15 is 0 Å². The van der Waals surface area contributed by atoms with E-state index in [4.69, 9.17) is 11.0 Å². The molecule has 0 bridgehead atoms. The number of nitrogens with one attached hydrogen (secondary N) is 1. The molecular weight excluding hydrogens is 240 g/mol. The molecule has 5 nitrogen and oxygen atoms in total. The zero-order valence-electron chi connectivity index (χ0n) is 10.1. The van der Waals surface area contributed by atoms with E-state index in [0.717, 1.165) is 5.56 Å². The minimum Gasteiger partial charge on any atom is -0.398 e. The van der Waals surface area contributed by atoms with Gasteiger partial charge in [-0.2, -0.15) is 5.26 Å². The summed E-state index contributed by atoms with van der Waals surface area (Å²) in [5.41, 5.74) is 7.96. The predicted molar refractivity (Wildman–Crippen MR) is 71.0 cm³/mol. The summed E-state index contributed by atoms with van der Waals surface area (Å²) in [6, 6.07) is 12.3. The highest BCUT2D eigenvalue weighted by Crippen LogP contribution is 2.10. The molecule has 2 rings (SSSR count). The molecule has 0 aliphatic rings. The summed E-state index contributed by atoms with van der Waals surface area (Å²) in [7, 11) is 0. The van der Waals surface area contributed by atoms with E-state index in [9.17, 15) is 4.79 Å². The Morgan fingerprint density at radius 1 is 1.32 bits per heavy atom. The lowest BCUT2D eigenvalue weighted by Gasteiger charge is -2.07. The van der Waals surface area contributed by atoms with Gasteiger partial charge >= 0.3 is 0 Å². The van der Waals surface area contributed by atoms with Crippen molar-refractivity contribution in [2.75, 3.05) is 5.73 Å². The van der Waals surface area contributed by atoms with Gasteiger partial charge < -0.3 is 11.1 Å². The minimum atomic E-state index is -0.298. The van der Waals surface area contributed by atoms with Crippen LogP contribution in [0.25, 0.3) is 0 Å². The molecule has 2 aromatic rings. The van der Waals surface area contributed by atoms with E-state index in [1.165, 1.54) is 12.3 Å². The number of nitrogens with zero attached hydrogens (tertiary/aromatic N) is 2. The number of amides is 1. The molecule has 0 radical (unpaired) electrons. The summed E-state index contributed by atoms with van der Waals surface area (Å²) in [6.07, 6.45) is 1.37. The van der Waals surface area contributed by atoms with Gasteiger partial charge in [0, 0.05) is 18.4 Å². The summed E-state index contributed by atoms with van der Waals surface area (Å²) in [5, 5.41) is 11.4. The van der Waals surface area contributed by atoms with Crippen molar-refractivity contribution in [2.24, 2.45) is 0 Å². The van der Waals surface area contributed by atoms with Crippen LogP contribution in [-0.4, -0.2) is 10.9 Å². The Morgan fingerprint density at radius 2 is 2.11 bits per heavy atom. The third kappa shape index (κ3) is 3.07. The van der Waals surface area contributed by atoms with E-state index in [-0.39, 0.29) is 11.6 Å². The van der Waals surface area contributed by atoms with Crippen LogP contribution in [0.5, 0.6) is 0 Å². The second kappa shape index (κ2) is 5.65. The van der Waals surface area contributed by atoms with Crippen molar-refractivity contribution in [3.05, 3.63) is 59.4 Å². The van der Waals surface area contributed by atoms with E-state index in [1.54, 1.807) is 12.1 Å². The van der Waals surface area contributed by atoms with Crippen molar-refractivity contribution < 1.29 is 4.79 Å². The first kappa shape index (κ1) is 12.6. The number of nitrogen functional groups attached to an aromatic ring is 1. The van der Waals surface area contributed by atoms with Gasteiger partial charge in [-0.15, -0.1) is 0 Å². The highest BCUT2D eigenvalue weighted by molar-refractivity contribution is 5.92. The van der Waals surface area contributed by atoms with Crippen LogP contribution in [0.15, 0.2) is 42.6 Å². The topological polar surface area (TPSA) is 91.8 Å². The van der Waals surface area contributed by atoms with Crippen molar-refractivity contribution in [1.29, 1.82) is 5.26 Å². The second-order valence-corrected chi connectivity index (χ2v) is 3.93. The maximum absolute atomic E-state index is 11.8. The van der Waals surface area contributed by atoms with Crippen molar-refractivity contribution in [2.45, 2.75) is 6.54 Å². The lowest BCUT2D eigenvalue weighted by Crippen LogP contribution is -2.24. The number of nitrogens with two attached hydrogens (primary N) is 1. The lowest BCUT2D eigenvalue weighted by atomic mass is 10.2. The Kier molecular flexibility index (Phi) is 3.74. The lowest BCUT2D eigenvalue weighted by molar-refractivity contribution is 0.0946. The molecule has 0 saturated heterocycles. The smallest absolute Gasteiger partial charge is 0.270 e. The quantitative estimate of drug-likeness (QED) is 0.809. The molecule has 1 amide bonds. The summed E-state index contributed by atoms with van der Waals surface area (Å²) in [5.74, 6) is -0.298. The number of hydrogen-bond donors (Lipinski definition) is 2. The van der Waals surface area contributed by atoms with Gasteiger partial charge in [-0.25, -0.2) is 4.98 Å². The van der Waals surface area contributed by atoms with E-state index in [2.05, 4.69) is 10.3 Å². The Labute approximate surface area is 110 Å². The Morgan fingerprint density at radius 3 is 2.74 bits per heavy atom. The van der Waals surface area contributed by atoms with Crippen molar-refractivity contribution >= 4 is 11.6 Å². The number of carbonyl (C=O) groups excluding carboxylic acids is 1. The Balaban J connectivity index is 2.02. The molecule has 0 unspecified atom stereocenters. The van der Waals surface area contributed by atoms with Crippen LogP contribution in [0.1, 0.15) is 21.6 Å². The van der Waals surface area contributed by atoms with Gasteiger partial charge in [0.05, 0.1) is 5.56 Å². The molecular formula is C14H12N4O. The molecule has 3 N–H and O–H groups in total. The number of benzene rings is 1. The zero-order chi connectivity index (χ0) is 13.7. The minimum absolute atomic E-state index is 0.272. The fourth-order valence-corrected chi connectivity index (χ4v) is 1.56. The number of aromatic nitrogens is 1. The number of nitriles is 1. The standard InChI is InChI=1S/C14H12N4O/c15-7-10-5-6-13(17-8-10)14(19)18-9-11-3-1-2-4-12(11)16/h1-6,8H,9,16H2,(H,18,19). The molecule has 0 saturated carbocycles. The number of anilines is 1. The summed E-state index contributed by atoms with van der Waals surface area (Å²) in [6.45, 7) is 0.340. The fraction of sp³-hybridized carbons (Fsp3) is 0.0714. The molecule has 0 aliphatic heterocycles. The van der Waals surface area contributed by atoms with Crippen LogP contribution in [0.4, 0.5) is 5.69 Å². The number of hydrogen-bond acceptors (Lipinski definition) is 4. The molecule has 94 valence electrons. The van der Waals surface area contributed by atoms with Gasteiger partial charge in [0.1, 0.15) is 11.8 Å². The first-order valence-electron chi connectivity index (χ1n) is 5.68. The van der Waals surface area contributed by atoms with Crippen LogP contribution < -0.4 is 11.1 Å². The Bertz CT molecular complexity index is 629. The molecule has 1 aromatic carbocycles. The van der Waals surface area contributed by atoms with Gasteiger partial charge in [-0.1, -0.05) is 18.2 Å². The molecule has 1 aromatic heterocycles. The van der Waals surface area contributed by atoms with E-state index in [0.29, 0.717) is 17.8 Å². The Hall–Kier alpha value is -2.87. The summed E-state index contributed by atoms with van der Waals surface area (Å²) >= 11 is 0. The SMILES string of the molecule is N#Cc1ccc(C(=O)NCc2ccccc2N)nc1. The van der Waals surface area contributed by atoms with Crippen LogP contribution >= 0.6 is 0 Å². The summed E-state index contributed by atoms with van der Waals surface area (Å²) in [4.78, 5) is 15.7. The average Bonchev–Trinajstić information content (AvgIpc) is 2.46. The number of para-hydroxylation sites is 1. The molecule has 1 heterocycles. The zero-order valence-corrected chi connectivity index (χ0v) is 10.1. The third-order valence-electron chi connectivity index (χ3n) is 2.62. The molecule has 5 heteroatoms. The van der Waals surface area contributed by atoms with Crippen molar-refractivity contribution in [3.63, 3.8) is 0 Å². The average molecular weight is 252 g/mol. The molecule has 0 aliphatic carbocycles. The first-order chi connectivity index (χ1) is 9.20. The normalized spacial score (nSPS) is 9.63. The third-order valence-corrected chi connectivity index (χ3v) is 2.62. The molecule has 0 atom stereocenters. The van der Waals surface area contributed by atoms with Crippen molar-refractivity contribution in [3.8, 4) is 6.07 Å². The van der Waals surface area contributed by atoms with Gasteiger partial charge in [-0.05, 0) is 23.8 Å². The van der Waals surface area contributed by atoms with Gasteiger partial charge in [0.25, 0.3) is 5.91 Å². The first-order valence-corrected chi connectivity index (χ1v) is 5.68. The van der Waals surface area contributed by atoms with Crippen LogP contribution in [-0.2, 0) is 6.54 Å². The summed E-state index contributed by atoms with van der Waals surface area (Å²) < 4.78 is 0. The maximum atomic E-state index is 11.8. The molecule has 19 heavy (non-hydrogen) atoms.